The van der Waals surface area contributed by atoms with E-state index in [-0.39, 0.29) is 11.4 Å². The second-order valence-electron chi connectivity index (χ2n) is 3.95. The molecule has 2 atom stereocenters. The van der Waals surface area contributed by atoms with Crippen LogP contribution in [0.4, 0.5) is 0 Å². The number of alkyl halides is 1. The highest BCUT2D eigenvalue weighted by molar-refractivity contribution is 6.20. The summed E-state index contributed by atoms with van der Waals surface area (Å²) in [5, 5.41) is 4.51. The minimum Gasteiger partial charge on any atom is -0.382 e. The maximum atomic E-state index is 6.12. The van der Waals surface area contributed by atoms with Crippen LogP contribution in [0.25, 0.3) is 0 Å². The minimum atomic E-state index is 0.00787. The lowest BCUT2D eigenvalue weighted by atomic mass is 10.1. The van der Waals surface area contributed by atoms with Crippen LogP contribution < -0.4 is 0 Å². The molecule has 0 fully saturated rings. The fraction of sp³-hybridized carbons (Fsp3) is 0.727. The Morgan fingerprint density at radius 2 is 2.00 bits per heavy atom. The van der Waals surface area contributed by atoms with Crippen molar-refractivity contribution in [3.05, 3.63) is 17.0 Å². The topological polar surface area (TPSA) is 27.1 Å². The minimum absolute atomic E-state index is 0.00787. The van der Waals surface area contributed by atoms with E-state index in [9.17, 15) is 0 Å². The number of ether oxygens (including phenoxy) is 1. The number of hydrogen-bond donors (Lipinski definition) is 0. The molecule has 0 bridgehead atoms. The molecule has 0 saturated carbocycles. The summed E-state index contributed by atoms with van der Waals surface area (Å²) in [5.41, 5.74) is 3.29. The lowest BCUT2D eigenvalue weighted by molar-refractivity contribution is 0.156. The third-order valence-electron chi connectivity index (χ3n) is 2.60. The van der Waals surface area contributed by atoms with Crippen LogP contribution >= 0.6 is 11.6 Å². The van der Waals surface area contributed by atoms with Gasteiger partial charge in [0.2, 0.25) is 0 Å². The smallest absolute Gasteiger partial charge is 0.0727 e. The molecule has 0 spiro atoms. The Kier molecular flexibility index (Phi) is 4.17. The van der Waals surface area contributed by atoms with E-state index >= 15 is 0 Å². The van der Waals surface area contributed by atoms with Crippen molar-refractivity contribution in [3.8, 4) is 0 Å². The van der Waals surface area contributed by atoms with Gasteiger partial charge in [-0.05, 0) is 27.7 Å². The number of halogens is 1. The van der Waals surface area contributed by atoms with E-state index in [1.165, 1.54) is 0 Å². The van der Waals surface area contributed by atoms with Gasteiger partial charge in [0.15, 0.2) is 0 Å². The van der Waals surface area contributed by atoms with Crippen molar-refractivity contribution in [2.75, 3.05) is 13.7 Å². The van der Waals surface area contributed by atoms with Crippen molar-refractivity contribution in [1.82, 2.24) is 9.78 Å². The number of hydrogen-bond acceptors (Lipinski definition) is 2. The van der Waals surface area contributed by atoms with Gasteiger partial charge in [-0.2, -0.15) is 5.10 Å². The van der Waals surface area contributed by atoms with E-state index in [1.807, 2.05) is 18.5 Å². The van der Waals surface area contributed by atoms with E-state index < -0.39 is 0 Å². The predicted octanol–water partition coefficient (Wildman–Crippen LogP) is 3.01. The van der Waals surface area contributed by atoms with E-state index in [4.69, 9.17) is 16.3 Å². The lowest BCUT2D eigenvalue weighted by Crippen LogP contribution is -2.14. The van der Waals surface area contributed by atoms with Gasteiger partial charge in [-0.25, -0.2) is 0 Å². The Bertz CT molecular complexity index is 334. The number of aryl methyl sites for hydroxylation is 1. The quantitative estimate of drug-likeness (QED) is 0.744. The highest BCUT2D eigenvalue weighted by Gasteiger charge is 2.18. The zero-order chi connectivity index (χ0) is 11.6. The van der Waals surface area contributed by atoms with Gasteiger partial charge in [0.25, 0.3) is 0 Å². The molecular weight excluding hydrogens is 212 g/mol. The molecule has 0 N–H and O–H groups in total. The Balaban J connectivity index is 3.06. The molecule has 86 valence electrons. The van der Waals surface area contributed by atoms with Gasteiger partial charge in [0.05, 0.1) is 23.7 Å². The van der Waals surface area contributed by atoms with Crippen LogP contribution in [0.15, 0.2) is 0 Å². The van der Waals surface area contributed by atoms with Crippen molar-refractivity contribution in [2.24, 2.45) is 0 Å². The molecule has 1 aromatic heterocycles. The second-order valence-corrected chi connectivity index (χ2v) is 4.60. The first-order chi connectivity index (χ1) is 6.99. The Labute approximate surface area is 96.4 Å². The van der Waals surface area contributed by atoms with Gasteiger partial charge in [-0.1, -0.05) is 0 Å². The van der Waals surface area contributed by atoms with Crippen molar-refractivity contribution in [1.29, 1.82) is 0 Å². The van der Waals surface area contributed by atoms with Crippen LogP contribution in [-0.2, 0) is 4.74 Å². The molecule has 4 heteroatoms. The zero-order valence-corrected chi connectivity index (χ0v) is 10.8. The number of rotatable bonds is 4. The van der Waals surface area contributed by atoms with Crippen LogP contribution in [0.3, 0.4) is 0 Å². The molecule has 0 aromatic carbocycles. The van der Waals surface area contributed by atoms with Crippen LogP contribution in [0, 0.1) is 13.8 Å². The maximum Gasteiger partial charge on any atom is 0.0727 e. The molecule has 0 amide bonds. The van der Waals surface area contributed by atoms with Crippen molar-refractivity contribution in [3.63, 3.8) is 0 Å². The summed E-state index contributed by atoms with van der Waals surface area (Å²) in [7, 11) is 1.70. The Hall–Kier alpha value is -0.540. The molecule has 0 aliphatic rings. The van der Waals surface area contributed by atoms with Gasteiger partial charge in [-0.3, -0.25) is 4.68 Å². The number of nitrogens with zero attached hydrogens (tertiary/aromatic N) is 2. The predicted molar refractivity (Wildman–Crippen MR) is 62.6 cm³/mol. The van der Waals surface area contributed by atoms with E-state index in [0.29, 0.717) is 6.61 Å². The fourth-order valence-corrected chi connectivity index (χ4v) is 2.31. The third-order valence-corrected chi connectivity index (χ3v) is 2.82. The maximum absolute atomic E-state index is 6.12. The van der Waals surface area contributed by atoms with Crippen molar-refractivity contribution >= 4 is 11.6 Å². The summed E-state index contributed by atoms with van der Waals surface area (Å²) < 4.78 is 7.12. The van der Waals surface area contributed by atoms with E-state index in [1.54, 1.807) is 7.11 Å². The largest absolute Gasteiger partial charge is 0.382 e. The molecule has 0 aliphatic carbocycles. The normalized spacial score (nSPS) is 15.3. The van der Waals surface area contributed by atoms with E-state index in [0.717, 1.165) is 17.0 Å². The molecule has 0 saturated heterocycles. The summed E-state index contributed by atoms with van der Waals surface area (Å²) >= 11 is 6.12. The molecular formula is C11H19ClN2O. The van der Waals surface area contributed by atoms with Crippen LogP contribution in [0.5, 0.6) is 0 Å². The summed E-state index contributed by atoms with van der Waals surface area (Å²) in [6, 6.07) is 0.248. The molecule has 0 aliphatic heterocycles. The SMILES string of the molecule is COCC(C)n1nc(C)c(C(C)Cl)c1C. The molecule has 1 aromatic rings. The van der Waals surface area contributed by atoms with Gasteiger partial charge < -0.3 is 4.74 Å². The average Bonchev–Trinajstić information content (AvgIpc) is 2.42. The van der Waals surface area contributed by atoms with Gasteiger partial charge >= 0.3 is 0 Å². The molecule has 1 heterocycles. The zero-order valence-electron chi connectivity index (χ0n) is 10.0. The fourth-order valence-electron chi connectivity index (χ4n) is 1.99. The second kappa shape index (κ2) is 4.99. The van der Waals surface area contributed by atoms with E-state index in [2.05, 4.69) is 18.9 Å². The van der Waals surface area contributed by atoms with Gasteiger partial charge in [-0.15, -0.1) is 11.6 Å². The summed E-state index contributed by atoms with van der Waals surface area (Å²) in [4.78, 5) is 0. The Morgan fingerprint density at radius 1 is 1.40 bits per heavy atom. The summed E-state index contributed by atoms with van der Waals surface area (Å²) in [6.07, 6.45) is 0. The van der Waals surface area contributed by atoms with Crippen LogP contribution in [0.2, 0.25) is 0 Å². The number of aromatic nitrogens is 2. The summed E-state index contributed by atoms with van der Waals surface area (Å²) in [5.74, 6) is 0. The first kappa shape index (κ1) is 12.5. The van der Waals surface area contributed by atoms with Crippen LogP contribution in [0.1, 0.15) is 42.2 Å². The monoisotopic (exact) mass is 230 g/mol. The molecule has 3 nitrogen and oxygen atoms in total. The summed E-state index contributed by atoms with van der Waals surface area (Å²) in [6.45, 7) is 8.78. The van der Waals surface area contributed by atoms with Crippen molar-refractivity contribution < 1.29 is 4.74 Å². The third kappa shape index (κ3) is 2.52. The standard InChI is InChI=1S/C11H19ClN2O/c1-7(6-15-5)14-10(4)11(8(2)12)9(3)13-14/h7-8H,6H2,1-5H3. The molecule has 1 rings (SSSR count). The number of methoxy groups -OCH3 is 1. The first-order valence-corrected chi connectivity index (χ1v) is 5.61. The molecule has 0 radical (unpaired) electrons. The Morgan fingerprint density at radius 3 is 2.40 bits per heavy atom. The highest BCUT2D eigenvalue weighted by atomic mass is 35.5. The van der Waals surface area contributed by atoms with Crippen LogP contribution in [-0.4, -0.2) is 23.5 Å². The first-order valence-electron chi connectivity index (χ1n) is 5.17. The average molecular weight is 231 g/mol. The van der Waals surface area contributed by atoms with Gasteiger partial charge in [0, 0.05) is 18.4 Å². The van der Waals surface area contributed by atoms with Gasteiger partial charge in [0.1, 0.15) is 0 Å². The van der Waals surface area contributed by atoms with Crippen molar-refractivity contribution in [2.45, 2.75) is 39.1 Å². The molecule has 2 unspecified atom stereocenters. The molecule has 15 heavy (non-hydrogen) atoms. The lowest BCUT2D eigenvalue weighted by Gasteiger charge is -2.13. The highest BCUT2D eigenvalue weighted by Crippen LogP contribution is 2.27.